The van der Waals surface area contributed by atoms with Gasteiger partial charge in [-0.2, -0.15) is 0 Å². The van der Waals surface area contributed by atoms with E-state index in [-0.39, 0.29) is 23.3 Å². The average Bonchev–Trinajstić information content (AvgIpc) is 3.15. The maximum absolute atomic E-state index is 12.1. The molecule has 1 saturated carbocycles. The Labute approximate surface area is 105 Å². The number of amides is 1. The molecule has 18 heavy (non-hydrogen) atoms. The van der Waals surface area contributed by atoms with E-state index in [1.165, 1.54) is 0 Å². The van der Waals surface area contributed by atoms with Crippen molar-refractivity contribution in [2.24, 2.45) is 0 Å². The molecule has 2 fully saturated rings. The third-order valence-corrected chi connectivity index (χ3v) is 3.55. The van der Waals surface area contributed by atoms with Crippen LogP contribution in [0.5, 0.6) is 0 Å². The van der Waals surface area contributed by atoms with Crippen molar-refractivity contribution in [1.29, 1.82) is 0 Å². The highest BCUT2D eigenvalue weighted by Gasteiger charge is 2.31. The fourth-order valence-electron chi connectivity index (χ4n) is 2.29. The summed E-state index contributed by atoms with van der Waals surface area (Å²) < 4.78 is 1.71. The number of aromatic nitrogens is 2. The standard InChI is InChI=1S/C12H16N4O2/c1-15-6-4-9(11(15)17)14-10-12(18)16(7-5-13-10)8-2-3-8/h5,7-9H,2-4,6H2,1H3,(H,13,14). The highest BCUT2D eigenvalue weighted by Crippen LogP contribution is 2.33. The summed E-state index contributed by atoms with van der Waals surface area (Å²) >= 11 is 0. The third-order valence-electron chi connectivity index (χ3n) is 3.55. The van der Waals surface area contributed by atoms with Gasteiger partial charge in [-0.05, 0) is 19.3 Å². The minimum Gasteiger partial charge on any atom is -0.354 e. The molecule has 6 nitrogen and oxygen atoms in total. The molecule has 1 N–H and O–H groups in total. The Balaban J connectivity index is 1.83. The zero-order valence-corrected chi connectivity index (χ0v) is 10.3. The Morgan fingerprint density at radius 3 is 2.72 bits per heavy atom. The predicted octanol–water partition coefficient (Wildman–Crippen LogP) is 0.221. The lowest BCUT2D eigenvalue weighted by atomic mass is 10.2. The minimum absolute atomic E-state index is 0.0259. The number of hydrogen-bond donors (Lipinski definition) is 1. The lowest BCUT2D eigenvalue weighted by Gasteiger charge is -2.13. The zero-order chi connectivity index (χ0) is 12.7. The lowest BCUT2D eigenvalue weighted by Crippen LogP contribution is -2.34. The molecule has 1 saturated heterocycles. The van der Waals surface area contributed by atoms with Gasteiger partial charge in [-0.15, -0.1) is 0 Å². The number of anilines is 1. The van der Waals surface area contributed by atoms with Gasteiger partial charge in [0.25, 0.3) is 5.56 Å². The molecule has 3 rings (SSSR count). The first-order valence-electron chi connectivity index (χ1n) is 6.25. The third kappa shape index (κ3) is 1.87. The average molecular weight is 248 g/mol. The number of nitrogens with one attached hydrogen (secondary N) is 1. The van der Waals surface area contributed by atoms with Crippen LogP contribution in [-0.4, -0.2) is 40.0 Å². The Morgan fingerprint density at radius 2 is 2.11 bits per heavy atom. The van der Waals surface area contributed by atoms with E-state index in [0.717, 1.165) is 25.8 Å². The van der Waals surface area contributed by atoms with Gasteiger partial charge in [0.2, 0.25) is 5.91 Å². The molecule has 1 aliphatic carbocycles. The monoisotopic (exact) mass is 248 g/mol. The van der Waals surface area contributed by atoms with Gasteiger partial charge < -0.3 is 14.8 Å². The highest BCUT2D eigenvalue weighted by atomic mass is 16.2. The minimum atomic E-state index is -0.315. The van der Waals surface area contributed by atoms with Crippen molar-refractivity contribution in [3.63, 3.8) is 0 Å². The second kappa shape index (κ2) is 4.12. The first-order chi connectivity index (χ1) is 8.66. The van der Waals surface area contributed by atoms with Gasteiger partial charge in [0.15, 0.2) is 5.82 Å². The molecule has 1 aromatic rings. The lowest BCUT2D eigenvalue weighted by molar-refractivity contribution is -0.127. The van der Waals surface area contributed by atoms with Crippen molar-refractivity contribution in [1.82, 2.24) is 14.5 Å². The maximum atomic E-state index is 12.1. The molecule has 0 aromatic carbocycles. The Bertz CT molecular complexity index is 535. The van der Waals surface area contributed by atoms with Crippen LogP contribution in [0.25, 0.3) is 0 Å². The quantitative estimate of drug-likeness (QED) is 0.831. The van der Waals surface area contributed by atoms with E-state index in [9.17, 15) is 9.59 Å². The fraction of sp³-hybridized carbons (Fsp3) is 0.583. The van der Waals surface area contributed by atoms with Gasteiger partial charge in [0, 0.05) is 32.0 Å². The largest absolute Gasteiger partial charge is 0.354 e. The number of nitrogens with zero attached hydrogens (tertiary/aromatic N) is 3. The van der Waals surface area contributed by atoms with E-state index >= 15 is 0 Å². The highest BCUT2D eigenvalue weighted by molar-refractivity contribution is 5.86. The van der Waals surface area contributed by atoms with Gasteiger partial charge in [-0.25, -0.2) is 4.98 Å². The molecule has 6 heteroatoms. The van der Waals surface area contributed by atoms with E-state index in [4.69, 9.17) is 0 Å². The zero-order valence-electron chi connectivity index (χ0n) is 10.3. The number of likely N-dealkylation sites (tertiary alicyclic amines) is 1. The SMILES string of the molecule is CN1CCC(Nc2nccn(C3CC3)c2=O)C1=O. The smallest absolute Gasteiger partial charge is 0.293 e. The topological polar surface area (TPSA) is 67.2 Å². The molecule has 96 valence electrons. The summed E-state index contributed by atoms with van der Waals surface area (Å²) in [6.07, 6.45) is 6.15. The summed E-state index contributed by atoms with van der Waals surface area (Å²) in [6, 6.07) is 0.00764. The first-order valence-corrected chi connectivity index (χ1v) is 6.25. The van der Waals surface area contributed by atoms with Gasteiger partial charge in [0.05, 0.1) is 0 Å². The fourth-order valence-corrected chi connectivity index (χ4v) is 2.29. The molecule has 1 aliphatic heterocycles. The molecular formula is C12H16N4O2. The second-order valence-electron chi connectivity index (χ2n) is 4.96. The molecule has 2 aliphatic rings. The van der Waals surface area contributed by atoms with E-state index < -0.39 is 0 Å². The number of likely N-dealkylation sites (N-methyl/N-ethyl adjacent to an activating group) is 1. The number of rotatable bonds is 3. The van der Waals surface area contributed by atoms with Crippen LogP contribution in [0.1, 0.15) is 25.3 Å². The molecule has 2 heterocycles. The van der Waals surface area contributed by atoms with Gasteiger partial charge in [-0.3, -0.25) is 9.59 Å². The van der Waals surface area contributed by atoms with Gasteiger partial charge >= 0.3 is 0 Å². The Morgan fingerprint density at radius 1 is 1.33 bits per heavy atom. The predicted molar refractivity (Wildman–Crippen MR) is 66.4 cm³/mol. The number of hydrogen-bond acceptors (Lipinski definition) is 4. The Hall–Kier alpha value is -1.85. The van der Waals surface area contributed by atoms with Crippen LogP contribution in [0.15, 0.2) is 17.2 Å². The molecule has 0 bridgehead atoms. The summed E-state index contributed by atoms with van der Waals surface area (Å²) in [4.78, 5) is 29.6. The molecule has 0 spiro atoms. The number of carbonyl (C=O) groups excluding carboxylic acids is 1. The summed E-state index contributed by atoms with van der Waals surface area (Å²) in [7, 11) is 1.77. The summed E-state index contributed by atoms with van der Waals surface area (Å²) in [5, 5.41) is 2.98. The maximum Gasteiger partial charge on any atom is 0.293 e. The van der Waals surface area contributed by atoms with Crippen LogP contribution in [0, 0.1) is 0 Å². The molecule has 1 aromatic heterocycles. The van der Waals surface area contributed by atoms with E-state index in [1.807, 2.05) is 0 Å². The first kappa shape index (κ1) is 11.3. The van der Waals surface area contributed by atoms with E-state index in [0.29, 0.717) is 6.04 Å². The van der Waals surface area contributed by atoms with Crippen LogP contribution in [-0.2, 0) is 4.79 Å². The molecule has 0 radical (unpaired) electrons. The molecule has 1 atom stereocenters. The van der Waals surface area contributed by atoms with Crippen molar-refractivity contribution in [3.05, 3.63) is 22.7 Å². The van der Waals surface area contributed by atoms with Gasteiger partial charge in [0.1, 0.15) is 6.04 Å². The summed E-state index contributed by atoms with van der Waals surface area (Å²) in [5.74, 6) is 0.316. The molecule has 1 unspecified atom stereocenters. The van der Waals surface area contributed by atoms with E-state index in [2.05, 4.69) is 10.3 Å². The van der Waals surface area contributed by atoms with Gasteiger partial charge in [-0.1, -0.05) is 0 Å². The van der Waals surface area contributed by atoms with E-state index in [1.54, 1.807) is 28.9 Å². The molecule has 1 amide bonds. The number of carbonyl (C=O) groups is 1. The van der Waals surface area contributed by atoms with Crippen molar-refractivity contribution < 1.29 is 4.79 Å². The van der Waals surface area contributed by atoms with Crippen LogP contribution in [0.3, 0.4) is 0 Å². The van der Waals surface area contributed by atoms with Crippen molar-refractivity contribution in [2.45, 2.75) is 31.3 Å². The normalized spacial score (nSPS) is 23.5. The van der Waals surface area contributed by atoms with Crippen molar-refractivity contribution in [3.8, 4) is 0 Å². The van der Waals surface area contributed by atoms with Crippen molar-refractivity contribution >= 4 is 11.7 Å². The van der Waals surface area contributed by atoms with Crippen LogP contribution in [0.4, 0.5) is 5.82 Å². The Kier molecular flexibility index (Phi) is 2.57. The summed E-state index contributed by atoms with van der Waals surface area (Å²) in [6.45, 7) is 0.722. The summed E-state index contributed by atoms with van der Waals surface area (Å²) in [5.41, 5.74) is -0.123. The molecular weight excluding hydrogens is 232 g/mol. The van der Waals surface area contributed by atoms with Crippen LogP contribution < -0.4 is 10.9 Å². The van der Waals surface area contributed by atoms with Crippen LogP contribution >= 0.6 is 0 Å². The van der Waals surface area contributed by atoms with Crippen molar-refractivity contribution in [2.75, 3.05) is 18.9 Å². The second-order valence-corrected chi connectivity index (χ2v) is 4.96. The van der Waals surface area contributed by atoms with Crippen LogP contribution in [0.2, 0.25) is 0 Å².